The average Bonchev–Trinajstić information content (AvgIpc) is 2.44. The Kier molecular flexibility index (Phi) is 12.4. The molecule has 0 aromatic carbocycles. The number of hydrogen-bond donors (Lipinski definition) is 1. The van der Waals surface area contributed by atoms with Crippen molar-refractivity contribution in [3.8, 4) is 0 Å². The summed E-state index contributed by atoms with van der Waals surface area (Å²) in [5.41, 5.74) is -0.890. The van der Waals surface area contributed by atoms with Gasteiger partial charge in [-0.2, -0.15) is 0 Å². The highest BCUT2D eigenvalue weighted by atomic mass is 32.2. The van der Waals surface area contributed by atoms with Gasteiger partial charge in [0.2, 0.25) is 0 Å². The maximum atomic E-state index is 11.1. The van der Waals surface area contributed by atoms with Crippen LogP contribution in [0.5, 0.6) is 0 Å². The highest BCUT2D eigenvalue weighted by molar-refractivity contribution is 8.23. The highest BCUT2D eigenvalue weighted by Crippen LogP contribution is 2.27. The molecule has 0 atom stereocenters. The van der Waals surface area contributed by atoms with Crippen molar-refractivity contribution in [1.82, 2.24) is 0 Å². The quantitative estimate of drug-likeness (QED) is 0.327. The lowest BCUT2D eigenvalue weighted by atomic mass is 9.97. The molecular weight excluding hydrogens is 300 g/mol. The lowest BCUT2D eigenvalue weighted by Gasteiger charge is -2.19. The van der Waals surface area contributed by atoms with Crippen LogP contribution in [0.15, 0.2) is 0 Å². The Balaban J connectivity index is 3.41. The van der Waals surface area contributed by atoms with Crippen LogP contribution < -0.4 is 0 Å². The fraction of sp³-hybridized carbons (Fsp3) is 0.882. The molecule has 0 aromatic rings. The minimum absolute atomic E-state index is 0.603. The summed E-state index contributed by atoms with van der Waals surface area (Å²) in [4.78, 5) is 11.1. The molecule has 4 heteroatoms. The first-order valence-corrected chi connectivity index (χ1v) is 9.73. The van der Waals surface area contributed by atoms with Gasteiger partial charge in [0.1, 0.15) is 5.41 Å². The molecule has 0 spiro atoms. The van der Waals surface area contributed by atoms with Crippen molar-refractivity contribution in [3.63, 3.8) is 0 Å². The summed E-state index contributed by atoms with van der Waals surface area (Å²) < 4.78 is 0.603. The van der Waals surface area contributed by atoms with Crippen LogP contribution in [0.25, 0.3) is 0 Å². The summed E-state index contributed by atoms with van der Waals surface area (Å²) in [6.45, 7) is 5.62. The summed E-state index contributed by atoms with van der Waals surface area (Å²) in [7, 11) is 0. The standard InChI is InChI=1S/C17H32O2S2/c1-4-5-6-7-8-9-10-11-12-13-14-21-16(20)17(2,3)15(18)19/h4-14H2,1-3H3,(H,18,19). The maximum absolute atomic E-state index is 11.1. The first kappa shape index (κ1) is 20.9. The second-order valence-electron chi connectivity index (χ2n) is 6.25. The molecule has 0 saturated carbocycles. The molecular formula is C17H32O2S2. The van der Waals surface area contributed by atoms with Crippen molar-refractivity contribution in [2.75, 3.05) is 5.75 Å². The molecule has 0 bridgehead atoms. The molecule has 0 aliphatic rings. The number of thiocarbonyl (C=S) groups is 1. The van der Waals surface area contributed by atoms with Crippen LogP contribution in [-0.2, 0) is 4.79 Å². The third-order valence-electron chi connectivity index (χ3n) is 3.78. The SMILES string of the molecule is CCCCCCCCCCCCSC(=S)C(C)(C)C(=O)O. The van der Waals surface area contributed by atoms with Gasteiger partial charge in [0.05, 0.1) is 4.20 Å². The Morgan fingerprint density at radius 3 is 1.81 bits per heavy atom. The predicted octanol–water partition coefficient (Wildman–Crippen LogP) is 6.08. The Bertz CT molecular complexity index is 301. The van der Waals surface area contributed by atoms with Crippen molar-refractivity contribution >= 4 is 34.1 Å². The van der Waals surface area contributed by atoms with Crippen molar-refractivity contribution in [1.29, 1.82) is 0 Å². The van der Waals surface area contributed by atoms with Gasteiger partial charge in [-0.1, -0.05) is 76.9 Å². The van der Waals surface area contributed by atoms with Crippen LogP contribution >= 0.6 is 24.0 Å². The van der Waals surface area contributed by atoms with E-state index in [1.54, 1.807) is 13.8 Å². The van der Waals surface area contributed by atoms with Crippen LogP contribution in [0.3, 0.4) is 0 Å². The van der Waals surface area contributed by atoms with E-state index in [1.165, 1.54) is 69.5 Å². The smallest absolute Gasteiger partial charge is 0.314 e. The molecule has 21 heavy (non-hydrogen) atoms. The minimum atomic E-state index is -0.890. The topological polar surface area (TPSA) is 37.3 Å². The second-order valence-corrected chi connectivity index (χ2v) is 8.02. The van der Waals surface area contributed by atoms with Gasteiger partial charge in [-0.3, -0.25) is 4.79 Å². The lowest BCUT2D eigenvalue weighted by molar-refractivity contribution is -0.143. The molecule has 0 fully saturated rings. The van der Waals surface area contributed by atoms with E-state index in [0.29, 0.717) is 4.20 Å². The van der Waals surface area contributed by atoms with Crippen molar-refractivity contribution in [2.45, 2.75) is 85.0 Å². The molecule has 124 valence electrons. The van der Waals surface area contributed by atoms with Crippen molar-refractivity contribution < 1.29 is 9.90 Å². The third kappa shape index (κ3) is 10.3. The molecule has 0 saturated heterocycles. The van der Waals surface area contributed by atoms with Crippen LogP contribution in [-0.4, -0.2) is 21.0 Å². The Morgan fingerprint density at radius 2 is 1.38 bits per heavy atom. The van der Waals surface area contributed by atoms with E-state index >= 15 is 0 Å². The number of aliphatic carboxylic acids is 1. The van der Waals surface area contributed by atoms with Crippen LogP contribution in [0.2, 0.25) is 0 Å². The van der Waals surface area contributed by atoms with E-state index in [0.717, 1.165) is 12.2 Å². The molecule has 0 amide bonds. The second kappa shape index (κ2) is 12.5. The number of rotatable bonds is 13. The zero-order valence-corrected chi connectivity index (χ0v) is 15.6. The highest BCUT2D eigenvalue weighted by Gasteiger charge is 2.32. The summed E-state index contributed by atoms with van der Waals surface area (Å²) in [6, 6.07) is 0. The van der Waals surface area contributed by atoms with Gasteiger partial charge in [0.15, 0.2) is 0 Å². The predicted molar refractivity (Wildman–Crippen MR) is 98.3 cm³/mol. The fourth-order valence-electron chi connectivity index (χ4n) is 2.02. The molecule has 0 rings (SSSR count). The monoisotopic (exact) mass is 332 g/mol. The number of hydrogen-bond acceptors (Lipinski definition) is 3. The minimum Gasteiger partial charge on any atom is -0.481 e. The normalized spacial score (nSPS) is 11.6. The van der Waals surface area contributed by atoms with E-state index in [4.69, 9.17) is 17.3 Å². The van der Waals surface area contributed by atoms with Crippen molar-refractivity contribution in [2.24, 2.45) is 5.41 Å². The molecule has 0 heterocycles. The van der Waals surface area contributed by atoms with Crippen molar-refractivity contribution in [3.05, 3.63) is 0 Å². The Labute approximate surface area is 140 Å². The Morgan fingerprint density at radius 1 is 0.952 bits per heavy atom. The van der Waals surface area contributed by atoms with E-state index in [-0.39, 0.29) is 0 Å². The molecule has 2 nitrogen and oxygen atoms in total. The summed E-state index contributed by atoms with van der Waals surface area (Å²) >= 11 is 6.76. The van der Waals surface area contributed by atoms with Gasteiger partial charge in [-0.05, 0) is 26.0 Å². The van der Waals surface area contributed by atoms with E-state index in [2.05, 4.69) is 6.92 Å². The number of carbonyl (C=O) groups is 1. The first-order valence-electron chi connectivity index (χ1n) is 8.33. The molecule has 0 aliphatic carbocycles. The molecule has 0 unspecified atom stereocenters. The number of carboxylic acid groups (broad SMARTS) is 1. The summed E-state index contributed by atoms with van der Waals surface area (Å²) in [5.74, 6) is 0.120. The van der Waals surface area contributed by atoms with Gasteiger partial charge in [-0.15, -0.1) is 11.8 Å². The third-order valence-corrected chi connectivity index (χ3v) is 5.91. The molecule has 1 N–H and O–H groups in total. The number of carboxylic acids is 1. The summed E-state index contributed by atoms with van der Waals surface area (Å²) in [6.07, 6.45) is 13.2. The summed E-state index contributed by atoms with van der Waals surface area (Å²) in [5, 5.41) is 9.09. The van der Waals surface area contributed by atoms with E-state index in [9.17, 15) is 4.79 Å². The van der Waals surface area contributed by atoms with Gasteiger partial charge >= 0.3 is 5.97 Å². The van der Waals surface area contributed by atoms with E-state index < -0.39 is 11.4 Å². The van der Waals surface area contributed by atoms with E-state index in [1.807, 2.05) is 0 Å². The zero-order chi connectivity index (χ0) is 16.1. The van der Waals surface area contributed by atoms with Crippen LogP contribution in [0, 0.1) is 5.41 Å². The zero-order valence-electron chi connectivity index (χ0n) is 14.0. The lowest BCUT2D eigenvalue weighted by Crippen LogP contribution is -2.30. The number of unbranched alkanes of at least 4 members (excludes halogenated alkanes) is 9. The fourth-order valence-corrected chi connectivity index (χ4v) is 3.34. The molecule has 0 aromatic heterocycles. The maximum Gasteiger partial charge on any atom is 0.314 e. The van der Waals surface area contributed by atoms with Crippen LogP contribution in [0.4, 0.5) is 0 Å². The molecule has 0 radical (unpaired) electrons. The largest absolute Gasteiger partial charge is 0.481 e. The molecule has 0 aliphatic heterocycles. The Hall–Kier alpha value is -0.0900. The van der Waals surface area contributed by atoms with Gasteiger partial charge in [0.25, 0.3) is 0 Å². The van der Waals surface area contributed by atoms with Gasteiger partial charge in [-0.25, -0.2) is 0 Å². The first-order chi connectivity index (χ1) is 9.92. The van der Waals surface area contributed by atoms with Gasteiger partial charge in [0, 0.05) is 0 Å². The average molecular weight is 333 g/mol. The number of thioether (sulfide) groups is 1. The van der Waals surface area contributed by atoms with Crippen LogP contribution in [0.1, 0.15) is 85.0 Å². The van der Waals surface area contributed by atoms with Gasteiger partial charge < -0.3 is 5.11 Å².